The van der Waals surface area contributed by atoms with Crippen LogP contribution in [0.25, 0.3) is 10.9 Å². The van der Waals surface area contributed by atoms with Crippen molar-refractivity contribution in [3.63, 3.8) is 0 Å². The quantitative estimate of drug-likeness (QED) is 0.753. The van der Waals surface area contributed by atoms with E-state index in [4.69, 9.17) is 5.73 Å². The Morgan fingerprint density at radius 2 is 2.00 bits per heavy atom. The maximum absolute atomic E-state index is 12.2. The maximum atomic E-state index is 12.2. The van der Waals surface area contributed by atoms with Crippen molar-refractivity contribution in [2.45, 2.75) is 13.1 Å². The Kier molecular flexibility index (Phi) is 2.75. The van der Waals surface area contributed by atoms with Crippen molar-refractivity contribution in [1.82, 2.24) is 19.3 Å². The molecule has 0 bridgehead atoms. The van der Waals surface area contributed by atoms with Gasteiger partial charge < -0.3 is 5.73 Å². The number of nitrogens with two attached hydrogens (primary N) is 1. The van der Waals surface area contributed by atoms with Crippen LogP contribution < -0.4 is 11.3 Å². The molecule has 6 heteroatoms. The van der Waals surface area contributed by atoms with Crippen LogP contribution in [0.4, 0.5) is 5.82 Å². The number of hydrogen-bond acceptors (Lipinski definition) is 4. The van der Waals surface area contributed by atoms with E-state index in [1.165, 1.54) is 0 Å². The summed E-state index contributed by atoms with van der Waals surface area (Å²) in [5.41, 5.74) is 6.22. The average Bonchev–Trinajstić information content (AvgIpc) is 2.84. The molecule has 3 aromatic rings. The van der Waals surface area contributed by atoms with Crippen LogP contribution >= 0.6 is 0 Å². The molecule has 0 aliphatic carbocycles. The van der Waals surface area contributed by atoms with E-state index in [-0.39, 0.29) is 5.56 Å². The molecule has 0 aliphatic heterocycles. The van der Waals surface area contributed by atoms with Crippen molar-refractivity contribution in [1.29, 1.82) is 0 Å². The SMILES string of the molecule is Nc1ccn(CCn2cnc3ccccc3c2=O)n1. The largest absolute Gasteiger partial charge is 0.382 e. The molecule has 0 aliphatic rings. The summed E-state index contributed by atoms with van der Waals surface area (Å²) in [7, 11) is 0. The first-order chi connectivity index (χ1) is 9.24. The van der Waals surface area contributed by atoms with Crippen LogP contribution in [-0.4, -0.2) is 19.3 Å². The fourth-order valence-corrected chi connectivity index (χ4v) is 1.98. The van der Waals surface area contributed by atoms with Gasteiger partial charge in [-0.2, -0.15) is 5.10 Å². The van der Waals surface area contributed by atoms with E-state index in [2.05, 4.69) is 10.1 Å². The van der Waals surface area contributed by atoms with Gasteiger partial charge >= 0.3 is 0 Å². The number of aryl methyl sites for hydroxylation is 2. The summed E-state index contributed by atoms with van der Waals surface area (Å²) in [6.45, 7) is 1.09. The summed E-state index contributed by atoms with van der Waals surface area (Å²) in [4.78, 5) is 16.5. The van der Waals surface area contributed by atoms with Crippen LogP contribution in [0.1, 0.15) is 0 Å². The summed E-state index contributed by atoms with van der Waals surface area (Å²) in [5.74, 6) is 0.476. The molecule has 0 unspecified atom stereocenters. The van der Waals surface area contributed by atoms with Gasteiger partial charge in [0.25, 0.3) is 5.56 Å². The number of aromatic nitrogens is 4. The normalized spacial score (nSPS) is 10.9. The Morgan fingerprint density at radius 1 is 1.16 bits per heavy atom. The molecule has 19 heavy (non-hydrogen) atoms. The first-order valence-electron chi connectivity index (χ1n) is 5.97. The summed E-state index contributed by atoms with van der Waals surface area (Å²) >= 11 is 0. The first kappa shape index (κ1) is 11.5. The molecule has 0 radical (unpaired) electrons. The van der Waals surface area contributed by atoms with Crippen molar-refractivity contribution in [2.24, 2.45) is 0 Å². The van der Waals surface area contributed by atoms with E-state index in [1.54, 1.807) is 33.9 Å². The maximum Gasteiger partial charge on any atom is 0.261 e. The Bertz CT molecular complexity index is 774. The lowest BCUT2D eigenvalue weighted by Crippen LogP contribution is -2.23. The minimum Gasteiger partial charge on any atom is -0.382 e. The standard InChI is InChI=1S/C13H13N5O/c14-12-5-6-18(16-12)8-7-17-9-15-11-4-2-1-3-10(11)13(17)19/h1-6,9H,7-8H2,(H2,14,16). The molecule has 96 valence electrons. The molecule has 2 aromatic heterocycles. The topological polar surface area (TPSA) is 78.7 Å². The van der Waals surface area contributed by atoms with Gasteiger partial charge in [-0.05, 0) is 18.2 Å². The van der Waals surface area contributed by atoms with Crippen LogP contribution in [0.5, 0.6) is 0 Å². The lowest BCUT2D eigenvalue weighted by atomic mass is 10.2. The molecule has 0 saturated heterocycles. The third-order valence-corrected chi connectivity index (χ3v) is 2.96. The molecular weight excluding hydrogens is 242 g/mol. The highest BCUT2D eigenvalue weighted by molar-refractivity contribution is 5.76. The minimum atomic E-state index is -0.0364. The smallest absolute Gasteiger partial charge is 0.261 e. The zero-order valence-corrected chi connectivity index (χ0v) is 10.2. The molecule has 0 fully saturated rings. The average molecular weight is 255 g/mol. The predicted octanol–water partition coefficient (Wildman–Crippen LogP) is 0.875. The van der Waals surface area contributed by atoms with Crippen LogP contribution in [-0.2, 0) is 13.1 Å². The van der Waals surface area contributed by atoms with Gasteiger partial charge in [0.05, 0.1) is 23.8 Å². The summed E-state index contributed by atoms with van der Waals surface area (Å²) in [6.07, 6.45) is 3.35. The van der Waals surface area contributed by atoms with Gasteiger partial charge in [-0.3, -0.25) is 14.0 Å². The fraction of sp³-hybridized carbons (Fsp3) is 0.154. The molecule has 2 heterocycles. The molecule has 6 nitrogen and oxygen atoms in total. The van der Waals surface area contributed by atoms with Crippen LogP contribution in [0.2, 0.25) is 0 Å². The van der Waals surface area contributed by atoms with Crippen LogP contribution in [0.15, 0.2) is 47.7 Å². The highest BCUT2D eigenvalue weighted by Gasteiger charge is 2.03. The number of para-hydroxylation sites is 1. The van der Waals surface area contributed by atoms with Crippen LogP contribution in [0, 0.1) is 0 Å². The Morgan fingerprint density at radius 3 is 2.79 bits per heavy atom. The van der Waals surface area contributed by atoms with E-state index in [0.29, 0.717) is 29.8 Å². The van der Waals surface area contributed by atoms with Gasteiger partial charge in [0.2, 0.25) is 0 Å². The molecule has 3 rings (SSSR count). The molecule has 2 N–H and O–H groups in total. The monoisotopic (exact) mass is 255 g/mol. The van der Waals surface area contributed by atoms with Crippen molar-refractivity contribution in [2.75, 3.05) is 5.73 Å². The van der Waals surface area contributed by atoms with E-state index in [1.807, 2.05) is 18.2 Å². The third-order valence-electron chi connectivity index (χ3n) is 2.96. The number of hydrogen-bond donors (Lipinski definition) is 1. The Balaban J connectivity index is 1.89. The second kappa shape index (κ2) is 4.56. The zero-order chi connectivity index (χ0) is 13.2. The number of rotatable bonds is 3. The number of benzene rings is 1. The third kappa shape index (κ3) is 2.20. The van der Waals surface area contributed by atoms with E-state index in [9.17, 15) is 4.79 Å². The number of nitrogen functional groups attached to an aromatic ring is 1. The Labute approximate surface area is 109 Å². The fourth-order valence-electron chi connectivity index (χ4n) is 1.98. The molecule has 0 saturated carbocycles. The summed E-state index contributed by atoms with van der Waals surface area (Å²) in [5, 5.41) is 4.71. The Hall–Kier alpha value is -2.63. The van der Waals surface area contributed by atoms with Crippen molar-refractivity contribution in [3.8, 4) is 0 Å². The molecule has 1 aromatic carbocycles. The predicted molar refractivity (Wildman–Crippen MR) is 72.6 cm³/mol. The van der Waals surface area contributed by atoms with Gasteiger partial charge in [-0.25, -0.2) is 4.98 Å². The molecule has 0 spiro atoms. The second-order valence-corrected chi connectivity index (χ2v) is 4.26. The van der Waals surface area contributed by atoms with Crippen molar-refractivity contribution in [3.05, 3.63) is 53.2 Å². The van der Waals surface area contributed by atoms with E-state index >= 15 is 0 Å². The van der Waals surface area contributed by atoms with E-state index in [0.717, 1.165) is 0 Å². The van der Waals surface area contributed by atoms with E-state index < -0.39 is 0 Å². The highest BCUT2D eigenvalue weighted by atomic mass is 16.1. The van der Waals surface area contributed by atoms with Gasteiger partial charge in [-0.1, -0.05) is 12.1 Å². The van der Waals surface area contributed by atoms with Crippen molar-refractivity contribution < 1.29 is 0 Å². The van der Waals surface area contributed by atoms with Crippen LogP contribution in [0.3, 0.4) is 0 Å². The summed E-state index contributed by atoms with van der Waals surface area (Å²) < 4.78 is 3.29. The highest BCUT2D eigenvalue weighted by Crippen LogP contribution is 2.04. The van der Waals surface area contributed by atoms with Gasteiger partial charge in [0, 0.05) is 12.7 Å². The molecule has 0 atom stereocenters. The number of nitrogens with zero attached hydrogens (tertiary/aromatic N) is 4. The second-order valence-electron chi connectivity index (χ2n) is 4.26. The number of anilines is 1. The molecule has 0 amide bonds. The molecular formula is C13H13N5O. The van der Waals surface area contributed by atoms with Gasteiger partial charge in [0.1, 0.15) is 5.82 Å². The number of fused-ring (bicyclic) bond motifs is 1. The van der Waals surface area contributed by atoms with Gasteiger partial charge in [0.15, 0.2) is 0 Å². The first-order valence-corrected chi connectivity index (χ1v) is 5.97. The lowest BCUT2D eigenvalue weighted by molar-refractivity contribution is 0.523. The lowest BCUT2D eigenvalue weighted by Gasteiger charge is -2.06. The summed E-state index contributed by atoms with van der Waals surface area (Å²) in [6, 6.07) is 9.04. The van der Waals surface area contributed by atoms with Gasteiger partial charge in [-0.15, -0.1) is 0 Å². The minimum absolute atomic E-state index is 0.0364. The van der Waals surface area contributed by atoms with Crippen molar-refractivity contribution >= 4 is 16.7 Å². The zero-order valence-electron chi connectivity index (χ0n) is 10.2.